The molecule has 1 unspecified atom stereocenters. The Bertz CT molecular complexity index is 459. The van der Waals surface area contributed by atoms with Gasteiger partial charge in [-0.05, 0) is 60.8 Å². The topological polar surface area (TPSA) is 32.3 Å². The molecule has 1 aliphatic rings. The van der Waals surface area contributed by atoms with Crippen molar-refractivity contribution in [3.05, 3.63) is 33.8 Å². The molecule has 1 saturated heterocycles. The maximum absolute atomic E-state index is 12.7. The molecule has 1 aromatic carbocycles. The third-order valence-electron chi connectivity index (χ3n) is 3.75. The molecular formula is C15H21BrN2O. The number of nitrogens with one attached hydrogen (secondary N) is 1. The molecule has 1 atom stereocenters. The van der Waals surface area contributed by atoms with Crippen LogP contribution in [0.25, 0.3) is 0 Å². The molecule has 0 radical (unpaired) electrons. The first kappa shape index (κ1) is 14.5. The molecule has 1 aromatic rings. The van der Waals surface area contributed by atoms with Crippen molar-refractivity contribution in [2.75, 3.05) is 20.1 Å². The van der Waals surface area contributed by atoms with E-state index in [0.717, 1.165) is 41.5 Å². The third kappa shape index (κ3) is 3.18. The van der Waals surface area contributed by atoms with Gasteiger partial charge in [-0.2, -0.15) is 0 Å². The van der Waals surface area contributed by atoms with Crippen LogP contribution in [0.2, 0.25) is 0 Å². The van der Waals surface area contributed by atoms with E-state index in [1.165, 1.54) is 6.42 Å². The summed E-state index contributed by atoms with van der Waals surface area (Å²) in [5.74, 6) is 0.149. The van der Waals surface area contributed by atoms with E-state index < -0.39 is 0 Å². The zero-order valence-electron chi connectivity index (χ0n) is 11.6. The molecule has 0 aliphatic carbocycles. The van der Waals surface area contributed by atoms with Gasteiger partial charge in [-0.3, -0.25) is 4.79 Å². The molecule has 1 fully saturated rings. The molecule has 0 spiro atoms. The Morgan fingerprint density at radius 3 is 3.00 bits per heavy atom. The minimum absolute atomic E-state index is 0.149. The summed E-state index contributed by atoms with van der Waals surface area (Å²) in [6.45, 7) is 3.75. The summed E-state index contributed by atoms with van der Waals surface area (Å²) in [5.41, 5.74) is 1.89. The number of piperidine rings is 1. The SMILES string of the molecule is CNCC1CCCCN1C(=O)c1cccc(C)c1Br. The van der Waals surface area contributed by atoms with Gasteiger partial charge in [0.25, 0.3) is 5.91 Å². The van der Waals surface area contributed by atoms with Crippen molar-refractivity contribution in [1.82, 2.24) is 10.2 Å². The van der Waals surface area contributed by atoms with Crippen LogP contribution in [0.5, 0.6) is 0 Å². The summed E-state index contributed by atoms with van der Waals surface area (Å²) < 4.78 is 0.925. The normalized spacial score (nSPS) is 19.5. The highest BCUT2D eigenvalue weighted by Crippen LogP contribution is 2.25. The lowest BCUT2D eigenvalue weighted by Gasteiger charge is -2.36. The maximum atomic E-state index is 12.7. The number of hydrogen-bond donors (Lipinski definition) is 1. The molecule has 0 bridgehead atoms. The standard InChI is InChI=1S/C15H21BrN2O/c1-11-6-5-8-13(14(11)16)15(19)18-9-4-3-7-12(18)10-17-2/h5-6,8,12,17H,3-4,7,9-10H2,1-2H3. The summed E-state index contributed by atoms with van der Waals surface area (Å²) >= 11 is 3.54. The van der Waals surface area contributed by atoms with E-state index in [9.17, 15) is 4.79 Å². The molecule has 1 heterocycles. The number of nitrogens with zero attached hydrogens (tertiary/aromatic N) is 1. The molecule has 104 valence electrons. The summed E-state index contributed by atoms with van der Waals surface area (Å²) in [6.07, 6.45) is 3.41. The number of carbonyl (C=O) groups excluding carboxylic acids is 1. The van der Waals surface area contributed by atoms with Gasteiger partial charge >= 0.3 is 0 Å². The maximum Gasteiger partial charge on any atom is 0.255 e. The number of benzene rings is 1. The molecule has 1 amide bonds. The summed E-state index contributed by atoms with van der Waals surface area (Å²) in [5, 5.41) is 3.19. The lowest BCUT2D eigenvalue weighted by molar-refractivity contribution is 0.0614. The highest BCUT2D eigenvalue weighted by molar-refractivity contribution is 9.10. The Morgan fingerprint density at radius 1 is 1.47 bits per heavy atom. The molecule has 1 aliphatic heterocycles. The molecule has 19 heavy (non-hydrogen) atoms. The van der Waals surface area contributed by atoms with Crippen LogP contribution in [0.1, 0.15) is 35.2 Å². The smallest absolute Gasteiger partial charge is 0.255 e. The molecule has 1 N–H and O–H groups in total. The van der Waals surface area contributed by atoms with E-state index in [2.05, 4.69) is 21.2 Å². The van der Waals surface area contributed by atoms with Gasteiger partial charge in [0.15, 0.2) is 0 Å². The van der Waals surface area contributed by atoms with Gasteiger partial charge in [-0.15, -0.1) is 0 Å². The highest BCUT2D eigenvalue weighted by atomic mass is 79.9. The van der Waals surface area contributed by atoms with Crippen LogP contribution in [0, 0.1) is 6.92 Å². The van der Waals surface area contributed by atoms with Gasteiger partial charge < -0.3 is 10.2 Å². The minimum Gasteiger partial charge on any atom is -0.334 e. The van der Waals surface area contributed by atoms with Crippen molar-refractivity contribution >= 4 is 21.8 Å². The third-order valence-corrected chi connectivity index (χ3v) is 4.80. The summed E-state index contributed by atoms with van der Waals surface area (Å²) in [4.78, 5) is 14.8. The number of rotatable bonds is 3. The number of aryl methyl sites for hydroxylation is 1. The first-order chi connectivity index (χ1) is 9.15. The molecule has 0 saturated carbocycles. The Morgan fingerprint density at radius 2 is 2.26 bits per heavy atom. The van der Waals surface area contributed by atoms with E-state index in [-0.39, 0.29) is 5.91 Å². The molecule has 2 rings (SSSR count). The van der Waals surface area contributed by atoms with Gasteiger partial charge in [-0.25, -0.2) is 0 Å². The minimum atomic E-state index is 0.149. The second kappa shape index (κ2) is 6.53. The van der Waals surface area contributed by atoms with E-state index >= 15 is 0 Å². The summed E-state index contributed by atoms with van der Waals surface area (Å²) in [6, 6.07) is 6.19. The van der Waals surface area contributed by atoms with Crippen LogP contribution in [-0.2, 0) is 0 Å². The first-order valence-corrected chi connectivity index (χ1v) is 7.65. The molecule has 4 heteroatoms. The zero-order valence-corrected chi connectivity index (χ0v) is 13.2. The van der Waals surface area contributed by atoms with Gasteiger partial charge in [0.1, 0.15) is 0 Å². The molecular weight excluding hydrogens is 304 g/mol. The monoisotopic (exact) mass is 324 g/mol. The first-order valence-electron chi connectivity index (χ1n) is 6.86. The van der Waals surface area contributed by atoms with E-state index in [1.54, 1.807) is 0 Å². The Kier molecular flexibility index (Phi) is 4.99. The quantitative estimate of drug-likeness (QED) is 0.927. The Labute approximate surface area is 123 Å². The highest BCUT2D eigenvalue weighted by Gasteiger charge is 2.28. The second-order valence-corrected chi connectivity index (χ2v) is 5.94. The van der Waals surface area contributed by atoms with Gasteiger partial charge in [0, 0.05) is 23.6 Å². The van der Waals surface area contributed by atoms with E-state index in [0.29, 0.717) is 6.04 Å². The van der Waals surface area contributed by atoms with Crippen molar-refractivity contribution < 1.29 is 4.79 Å². The van der Waals surface area contributed by atoms with Crippen molar-refractivity contribution in [3.8, 4) is 0 Å². The number of hydrogen-bond acceptors (Lipinski definition) is 2. The molecule has 3 nitrogen and oxygen atoms in total. The average Bonchev–Trinajstić information content (AvgIpc) is 2.42. The number of carbonyl (C=O) groups is 1. The predicted octanol–water partition coefficient (Wildman–Crippen LogP) is 2.97. The van der Waals surface area contributed by atoms with Crippen molar-refractivity contribution in [2.45, 2.75) is 32.2 Å². The van der Waals surface area contributed by atoms with Gasteiger partial charge in [0.2, 0.25) is 0 Å². The van der Waals surface area contributed by atoms with Crippen molar-refractivity contribution in [2.24, 2.45) is 0 Å². The van der Waals surface area contributed by atoms with Crippen LogP contribution in [0.15, 0.2) is 22.7 Å². The molecule has 0 aromatic heterocycles. The van der Waals surface area contributed by atoms with Gasteiger partial charge in [0.05, 0.1) is 5.56 Å². The lowest BCUT2D eigenvalue weighted by Crippen LogP contribution is -2.48. The fourth-order valence-corrected chi connectivity index (χ4v) is 3.12. The van der Waals surface area contributed by atoms with Crippen molar-refractivity contribution in [3.63, 3.8) is 0 Å². The van der Waals surface area contributed by atoms with Crippen LogP contribution < -0.4 is 5.32 Å². The zero-order chi connectivity index (χ0) is 13.8. The van der Waals surface area contributed by atoms with Crippen LogP contribution in [0.4, 0.5) is 0 Å². The fraction of sp³-hybridized carbons (Fsp3) is 0.533. The van der Waals surface area contributed by atoms with Crippen LogP contribution in [-0.4, -0.2) is 37.0 Å². The number of likely N-dealkylation sites (N-methyl/N-ethyl adjacent to an activating group) is 1. The van der Waals surface area contributed by atoms with E-state index in [4.69, 9.17) is 0 Å². The number of likely N-dealkylation sites (tertiary alicyclic amines) is 1. The fourth-order valence-electron chi connectivity index (χ4n) is 2.68. The number of halogens is 1. The van der Waals surface area contributed by atoms with Crippen molar-refractivity contribution in [1.29, 1.82) is 0 Å². The number of amides is 1. The summed E-state index contributed by atoms with van der Waals surface area (Å²) in [7, 11) is 1.94. The van der Waals surface area contributed by atoms with Crippen LogP contribution >= 0.6 is 15.9 Å². The predicted molar refractivity (Wildman–Crippen MR) is 81.5 cm³/mol. The van der Waals surface area contributed by atoms with E-state index in [1.807, 2.05) is 37.1 Å². The second-order valence-electron chi connectivity index (χ2n) is 5.14. The van der Waals surface area contributed by atoms with Gasteiger partial charge in [-0.1, -0.05) is 12.1 Å². The van der Waals surface area contributed by atoms with Crippen LogP contribution in [0.3, 0.4) is 0 Å². The largest absolute Gasteiger partial charge is 0.334 e. The Balaban J connectivity index is 2.23. The Hall–Kier alpha value is -0.870. The average molecular weight is 325 g/mol. The lowest BCUT2D eigenvalue weighted by atomic mass is 10.0.